The van der Waals surface area contributed by atoms with Gasteiger partial charge in [-0.25, -0.2) is 23.5 Å². The van der Waals surface area contributed by atoms with Crippen molar-refractivity contribution in [1.29, 1.82) is 0 Å². The Morgan fingerprint density at radius 3 is 3.15 bits per heavy atom. The van der Waals surface area contributed by atoms with Gasteiger partial charge in [0.15, 0.2) is 0 Å². The van der Waals surface area contributed by atoms with Crippen molar-refractivity contribution in [1.82, 2.24) is 14.9 Å². The van der Waals surface area contributed by atoms with E-state index < -0.39 is 24.9 Å². The molecule has 0 spiro atoms. The Labute approximate surface area is 115 Å². The van der Waals surface area contributed by atoms with E-state index in [4.69, 9.17) is 4.74 Å². The number of rotatable bonds is 3. The van der Waals surface area contributed by atoms with Gasteiger partial charge in [0.1, 0.15) is 11.6 Å². The third kappa shape index (κ3) is 3.83. The maximum absolute atomic E-state index is 12.5. The van der Waals surface area contributed by atoms with Gasteiger partial charge in [-0.15, -0.1) is 0 Å². The second kappa shape index (κ2) is 6.56. The molecule has 1 unspecified atom stereocenters. The summed E-state index contributed by atoms with van der Waals surface area (Å²) >= 11 is 0. The van der Waals surface area contributed by atoms with Gasteiger partial charge in [0.05, 0.1) is 19.3 Å². The van der Waals surface area contributed by atoms with E-state index in [1.54, 1.807) is 13.0 Å². The quantitative estimate of drug-likeness (QED) is 0.918. The number of nitrogens with one attached hydrogen (secondary N) is 1. The predicted molar refractivity (Wildman–Crippen MR) is 67.7 cm³/mol. The highest BCUT2D eigenvalue weighted by atomic mass is 19.3. The van der Waals surface area contributed by atoms with Crippen LogP contribution in [0.15, 0.2) is 12.3 Å². The summed E-state index contributed by atoms with van der Waals surface area (Å²) in [6.07, 6.45) is -1.34. The normalized spacial score (nSPS) is 19.2. The topological polar surface area (TPSA) is 67.4 Å². The Morgan fingerprint density at radius 1 is 1.65 bits per heavy atom. The number of carbonyl (C=O) groups excluding carboxylic acids is 1. The number of urea groups is 1. The molecule has 1 atom stereocenters. The van der Waals surface area contributed by atoms with Crippen LogP contribution in [-0.4, -0.2) is 53.1 Å². The van der Waals surface area contributed by atoms with Crippen molar-refractivity contribution >= 4 is 11.8 Å². The van der Waals surface area contributed by atoms with Crippen molar-refractivity contribution in [2.24, 2.45) is 0 Å². The van der Waals surface area contributed by atoms with Crippen LogP contribution in [-0.2, 0) is 4.74 Å². The van der Waals surface area contributed by atoms with E-state index in [1.165, 1.54) is 11.1 Å². The summed E-state index contributed by atoms with van der Waals surface area (Å²) in [5, 5.41) is 2.59. The smallest absolute Gasteiger partial charge is 0.323 e. The minimum atomic E-state index is -2.47. The second-order valence-corrected chi connectivity index (χ2v) is 4.47. The lowest BCUT2D eigenvalue weighted by molar-refractivity contribution is -0.00967. The van der Waals surface area contributed by atoms with Crippen LogP contribution in [0.1, 0.15) is 12.2 Å². The maximum atomic E-state index is 12.5. The van der Waals surface area contributed by atoms with Crippen LogP contribution in [0.5, 0.6) is 0 Å². The highest BCUT2D eigenvalue weighted by Crippen LogP contribution is 2.16. The third-order valence-electron chi connectivity index (χ3n) is 2.95. The molecule has 20 heavy (non-hydrogen) atoms. The lowest BCUT2D eigenvalue weighted by atomic mass is 10.2. The van der Waals surface area contributed by atoms with Gasteiger partial charge in [-0.1, -0.05) is 0 Å². The molecule has 0 radical (unpaired) electrons. The average Bonchev–Trinajstić information content (AvgIpc) is 2.38. The van der Waals surface area contributed by atoms with E-state index in [0.717, 1.165) is 0 Å². The number of halogens is 2. The standard InChI is InChI=1S/C12H16F2N4O2/c1-8-15-3-2-11(16-8)17-12(19)18-4-5-20-7-9(18)6-10(13)14/h2-3,9-10H,4-7H2,1H3,(H,15,16,17,19). The summed E-state index contributed by atoms with van der Waals surface area (Å²) in [7, 11) is 0. The van der Waals surface area contributed by atoms with Gasteiger partial charge in [-0.05, 0) is 13.0 Å². The van der Waals surface area contributed by atoms with Gasteiger partial charge in [-0.2, -0.15) is 0 Å². The monoisotopic (exact) mass is 286 g/mol. The van der Waals surface area contributed by atoms with Crippen molar-refractivity contribution in [3.05, 3.63) is 18.1 Å². The number of morpholine rings is 1. The molecule has 6 nitrogen and oxygen atoms in total. The predicted octanol–water partition coefficient (Wildman–Crippen LogP) is 1.67. The van der Waals surface area contributed by atoms with Crippen LogP contribution >= 0.6 is 0 Å². The van der Waals surface area contributed by atoms with Gasteiger partial charge < -0.3 is 9.64 Å². The van der Waals surface area contributed by atoms with E-state index in [1.807, 2.05) is 0 Å². The molecule has 1 aliphatic rings. The number of hydrogen-bond donors (Lipinski definition) is 1. The molecule has 1 aliphatic heterocycles. The number of hydrogen-bond acceptors (Lipinski definition) is 4. The molecule has 2 rings (SSSR count). The summed E-state index contributed by atoms with van der Waals surface area (Å²) in [6, 6.07) is 0.483. The minimum Gasteiger partial charge on any atom is -0.377 e. The number of anilines is 1. The Morgan fingerprint density at radius 2 is 2.45 bits per heavy atom. The van der Waals surface area contributed by atoms with Crippen LogP contribution in [0.25, 0.3) is 0 Å². The summed E-state index contributed by atoms with van der Waals surface area (Å²) < 4.78 is 30.2. The van der Waals surface area contributed by atoms with Gasteiger partial charge in [0.2, 0.25) is 6.43 Å². The molecule has 1 aromatic heterocycles. The minimum absolute atomic E-state index is 0.126. The van der Waals surface area contributed by atoms with Crippen molar-refractivity contribution < 1.29 is 18.3 Å². The number of aryl methyl sites for hydroxylation is 1. The van der Waals surface area contributed by atoms with Crippen LogP contribution in [0.2, 0.25) is 0 Å². The first-order valence-corrected chi connectivity index (χ1v) is 6.29. The number of nitrogens with zero attached hydrogens (tertiary/aromatic N) is 3. The van der Waals surface area contributed by atoms with Crippen molar-refractivity contribution in [2.45, 2.75) is 25.8 Å². The van der Waals surface area contributed by atoms with Crippen LogP contribution < -0.4 is 5.32 Å². The van der Waals surface area contributed by atoms with Crippen molar-refractivity contribution in [2.75, 3.05) is 25.1 Å². The second-order valence-electron chi connectivity index (χ2n) is 4.47. The SMILES string of the molecule is Cc1nccc(NC(=O)N2CCOCC2CC(F)F)n1. The number of alkyl halides is 2. The van der Waals surface area contributed by atoms with Crippen molar-refractivity contribution in [3.8, 4) is 0 Å². The molecular formula is C12H16F2N4O2. The van der Waals surface area contributed by atoms with E-state index in [9.17, 15) is 13.6 Å². The van der Waals surface area contributed by atoms with Crippen LogP contribution in [0.3, 0.4) is 0 Å². The number of carbonyl (C=O) groups is 1. The lowest BCUT2D eigenvalue weighted by Crippen LogP contribution is -2.51. The zero-order chi connectivity index (χ0) is 14.5. The molecular weight excluding hydrogens is 270 g/mol. The van der Waals surface area contributed by atoms with E-state index in [2.05, 4.69) is 15.3 Å². The van der Waals surface area contributed by atoms with E-state index >= 15 is 0 Å². The largest absolute Gasteiger partial charge is 0.377 e. The fourth-order valence-corrected chi connectivity index (χ4v) is 2.03. The van der Waals surface area contributed by atoms with Gasteiger partial charge in [0.25, 0.3) is 0 Å². The fourth-order valence-electron chi connectivity index (χ4n) is 2.03. The molecule has 1 aromatic rings. The van der Waals surface area contributed by atoms with Crippen LogP contribution in [0.4, 0.5) is 19.4 Å². The highest BCUT2D eigenvalue weighted by Gasteiger charge is 2.29. The Bertz CT molecular complexity index is 473. The third-order valence-corrected chi connectivity index (χ3v) is 2.95. The Kier molecular flexibility index (Phi) is 4.78. The Balaban J connectivity index is 2.02. The zero-order valence-electron chi connectivity index (χ0n) is 11.1. The maximum Gasteiger partial charge on any atom is 0.323 e. The molecule has 2 heterocycles. The molecule has 8 heteroatoms. The number of aromatic nitrogens is 2. The fraction of sp³-hybridized carbons (Fsp3) is 0.583. The van der Waals surface area contributed by atoms with Crippen molar-refractivity contribution in [3.63, 3.8) is 0 Å². The highest BCUT2D eigenvalue weighted by molar-refractivity contribution is 5.88. The van der Waals surface area contributed by atoms with E-state index in [0.29, 0.717) is 18.2 Å². The molecule has 2 amide bonds. The zero-order valence-corrected chi connectivity index (χ0v) is 11.1. The Hall–Kier alpha value is -1.83. The molecule has 0 bridgehead atoms. The summed E-state index contributed by atoms with van der Waals surface area (Å²) in [5.41, 5.74) is 0. The number of ether oxygens (including phenoxy) is 1. The first kappa shape index (κ1) is 14.6. The van der Waals surface area contributed by atoms with E-state index in [-0.39, 0.29) is 13.2 Å². The molecule has 1 fully saturated rings. The molecule has 0 aliphatic carbocycles. The molecule has 1 N–H and O–H groups in total. The summed E-state index contributed by atoms with van der Waals surface area (Å²) in [5.74, 6) is 0.874. The first-order valence-electron chi connectivity index (χ1n) is 6.29. The first-order chi connectivity index (χ1) is 9.56. The summed E-state index contributed by atoms with van der Waals surface area (Å²) in [6.45, 7) is 2.45. The van der Waals surface area contributed by atoms with Gasteiger partial charge in [-0.3, -0.25) is 5.32 Å². The summed E-state index contributed by atoms with van der Waals surface area (Å²) in [4.78, 5) is 21.5. The lowest BCUT2D eigenvalue weighted by Gasteiger charge is -2.35. The molecule has 0 aromatic carbocycles. The van der Waals surface area contributed by atoms with Gasteiger partial charge in [0, 0.05) is 19.2 Å². The number of amides is 2. The van der Waals surface area contributed by atoms with Crippen LogP contribution in [0, 0.1) is 6.92 Å². The molecule has 0 saturated carbocycles. The molecule has 1 saturated heterocycles. The molecule has 110 valence electrons. The van der Waals surface area contributed by atoms with Gasteiger partial charge >= 0.3 is 6.03 Å². The average molecular weight is 286 g/mol.